The molecular formula is C19H20ClFN2O5S. The van der Waals surface area contributed by atoms with Gasteiger partial charge in [-0.25, -0.2) is 17.5 Å². The highest BCUT2D eigenvalue weighted by atomic mass is 35.5. The molecule has 29 heavy (non-hydrogen) atoms. The van der Waals surface area contributed by atoms with Crippen molar-refractivity contribution in [1.29, 1.82) is 0 Å². The van der Waals surface area contributed by atoms with Crippen molar-refractivity contribution < 1.29 is 27.1 Å². The number of benzene rings is 2. The molecule has 0 radical (unpaired) electrons. The van der Waals surface area contributed by atoms with E-state index in [1.807, 2.05) is 0 Å². The topological polar surface area (TPSA) is 93.7 Å². The molecule has 0 aromatic heterocycles. The second-order valence-corrected chi connectivity index (χ2v) is 8.51. The van der Waals surface area contributed by atoms with Gasteiger partial charge in [-0.15, -0.1) is 0 Å². The van der Waals surface area contributed by atoms with Crippen molar-refractivity contribution >= 4 is 27.5 Å². The molecule has 10 heteroatoms. The Labute approximate surface area is 173 Å². The molecule has 2 N–H and O–H groups in total. The molecule has 0 atom stereocenters. The lowest BCUT2D eigenvalue weighted by atomic mass is 10.2. The van der Waals surface area contributed by atoms with E-state index in [1.54, 1.807) is 12.1 Å². The first kappa shape index (κ1) is 21.4. The van der Waals surface area contributed by atoms with Crippen LogP contribution >= 0.6 is 11.6 Å². The predicted octanol–water partition coefficient (Wildman–Crippen LogP) is 2.63. The zero-order valence-corrected chi connectivity index (χ0v) is 17.0. The Bertz CT molecular complexity index is 983. The fourth-order valence-electron chi connectivity index (χ4n) is 2.67. The highest BCUT2D eigenvalue weighted by molar-refractivity contribution is 7.89. The van der Waals surface area contributed by atoms with E-state index in [-0.39, 0.29) is 30.3 Å². The SMILES string of the molecule is O=C(CCNS(=O)(=O)c1ccc(F)cc1)NCc1cc(Cl)c2c(c1)OCCCO2. The molecule has 156 valence electrons. The average Bonchev–Trinajstić information content (AvgIpc) is 2.92. The van der Waals surface area contributed by atoms with E-state index < -0.39 is 15.8 Å². The Hall–Kier alpha value is -2.36. The number of carbonyl (C=O) groups excluding carboxylic acids is 1. The van der Waals surface area contributed by atoms with Gasteiger partial charge >= 0.3 is 0 Å². The van der Waals surface area contributed by atoms with Gasteiger partial charge in [-0.3, -0.25) is 4.79 Å². The van der Waals surface area contributed by atoms with Gasteiger partial charge in [0.2, 0.25) is 15.9 Å². The molecule has 3 rings (SSSR count). The minimum Gasteiger partial charge on any atom is -0.489 e. The molecular weight excluding hydrogens is 423 g/mol. The molecule has 0 saturated heterocycles. The summed E-state index contributed by atoms with van der Waals surface area (Å²) in [6, 6.07) is 7.87. The van der Waals surface area contributed by atoms with Gasteiger partial charge in [0.15, 0.2) is 11.5 Å². The number of rotatable bonds is 7. The van der Waals surface area contributed by atoms with E-state index in [0.717, 1.165) is 36.2 Å². The van der Waals surface area contributed by atoms with Gasteiger partial charge in [-0.05, 0) is 42.0 Å². The van der Waals surface area contributed by atoms with Crippen molar-refractivity contribution in [1.82, 2.24) is 10.0 Å². The molecule has 0 spiro atoms. The van der Waals surface area contributed by atoms with Crippen LogP contribution < -0.4 is 19.5 Å². The van der Waals surface area contributed by atoms with Crippen LogP contribution in [0.25, 0.3) is 0 Å². The van der Waals surface area contributed by atoms with Crippen LogP contribution in [0.2, 0.25) is 5.02 Å². The number of hydrogen-bond acceptors (Lipinski definition) is 5. The smallest absolute Gasteiger partial charge is 0.240 e. The van der Waals surface area contributed by atoms with Crippen LogP contribution in [0, 0.1) is 5.82 Å². The summed E-state index contributed by atoms with van der Waals surface area (Å²) in [5.74, 6) is 0.161. The minimum atomic E-state index is -3.80. The number of carbonyl (C=O) groups is 1. The van der Waals surface area contributed by atoms with E-state index in [9.17, 15) is 17.6 Å². The molecule has 2 aromatic rings. The Balaban J connectivity index is 1.49. The molecule has 0 fully saturated rings. The van der Waals surface area contributed by atoms with E-state index in [1.165, 1.54) is 0 Å². The van der Waals surface area contributed by atoms with Gasteiger partial charge in [0, 0.05) is 25.9 Å². The second kappa shape index (κ2) is 9.43. The molecule has 1 aliphatic rings. The molecule has 2 aromatic carbocycles. The molecule has 1 amide bonds. The summed E-state index contributed by atoms with van der Waals surface area (Å²) in [7, 11) is -3.80. The molecule has 0 saturated carbocycles. The summed E-state index contributed by atoms with van der Waals surface area (Å²) in [5, 5.41) is 3.11. The van der Waals surface area contributed by atoms with Crippen LogP contribution in [0.15, 0.2) is 41.3 Å². The van der Waals surface area contributed by atoms with Gasteiger partial charge in [0.05, 0.1) is 23.1 Å². The lowest BCUT2D eigenvalue weighted by Gasteiger charge is -2.12. The number of sulfonamides is 1. The predicted molar refractivity (Wildman–Crippen MR) is 105 cm³/mol. The fourth-order valence-corrected chi connectivity index (χ4v) is 3.99. The fraction of sp³-hybridized carbons (Fsp3) is 0.316. The first-order valence-corrected chi connectivity index (χ1v) is 10.8. The average molecular weight is 443 g/mol. The maximum absolute atomic E-state index is 12.9. The zero-order valence-electron chi connectivity index (χ0n) is 15.4. The van der Waals surface area contributed by atoms with Crippen molar-refractivity contribution in [2.75, 3.05) is 19.8 Å². The summed E-state index contributed by atoms with van der Waals surface area (Å²) < 4.78 is 50.6. The minimum absolute atomic E-state index is 0.0568. The van der Waals surface area contributed by atoms with E-state index in [0.29, 0.717) is 29.7 Å². The largest absolute Gasteiger partial charge is 0.489 e. The van der Waals surface area contributed by atoms with Gasteiger partial charge < -0.3 is 14.8 Å². The third kappa shape index (κ3) is 5.81. The van der Waals surface area contributed by atoms with Gasteiger partial charge in [0.25, 0.3) is 0 Å². The van der Waals surface area contributed by atoms with Crippen LogP contribution in [-0.2, 0) is 21.4 Å². The second-order valence-electron chi connectivity index (χ2n) is 6.33. The Morgan fingerprint density at radius 2 is 1.86 bits per heavy atom. The van der Waals surface area contributed by atoms with E-state index in [4.69, 9.17) is 21.1 Å². The van der Waals surface area contributed by atoms with E-state index >= 15 is 0 Å². The van der Waals surface area contributed by atoms with Crippen molar-refractivity contribution in [2.45, 2.75) is 24.3 Å². The summed E-state index contributed by atoms with van der Waals surface area (Å²) >= 11 is 6.22. The Kier molecular flexibility index (Phi) is 6.94. The van der Waals surface area contributed by atoms with Gasteiger partial charge in [-0.2, -0.15) is 0 Å². The van der Waals surface area contributed by atoms with Crippen molar-refractivity contribution in [3.8, 4) is 11.5 Å². The van der Waals surface area contributed by atoms with E-state index in [2.05, 4.69) is 10.0 Å². The molecule has 1 heterocycles. The Morgan fingerprint density at radius 3 is 2.62 bits per heavy atom. The highest BCUT2D eigenvalue weighted by Gasteiger charge is 2.17. The van der Waals surface area contributed by atoms with Gasteiger partial charge in [-0.1, -0.05) is 11.6 Å². The maximum Gasteiger partial charge on any atom is 0.240 e. The van der Waals surface area contributed by atoms with Crippen LogP contribution in [0.4, 0.5) is 4.39 Å². The normalized spacial score (nSPS) is 13.6. The van der Waals surface area contributed by atoms with Crippen LogP contribution in [0.1, 0.15) is 18.4 Å². The van der Waals surface area contributed by atoms with Crippen molar-refractivity contribution in [3.63, 3.8) is 0 Å². The molecule has 0 bridgehead atoms. The maximum atomic E-state index is 12.9. The summed E-state index contributed by atoms with van der Waals surface area (Å²) in [6.07, 6.45) is 0.698. The number of fused-ring (bicyclic) bond motifs is 1. The van der Waals surface area contributed by atoms with Gasteiger partial charge in [0.1, 0.15) is 5.82 Å². The van der Waals surface area contributed by atoms with Crippen LogP contribution in [0.3, 0.4) is 0 Å². The molecule has 0 unspecified atom stereocenters. The summed E-state index contributed by atoms with van der Waals surface area (Å²) in [6.45, 7) is 1.16. The monoisotopic (exact) mass is 442 g/mol. The standard InChI is InChI=1S/C19H20ClFN2O5S/c20-16-10-13(11-17-19(16)28-9-1-8-27-17)12-22-18(24)6-7-23-29(25,26)15-4-2-14(21)3-5-15/h2-5,10-11,23H,1,6-9,12H2,(H,22,24). The van der Waals surface area contributed by atoms with Crippen LogP contribution in [0.5, 0.6) is 11.5 Å². The summed E-state index contributed by atoms with van der Waals surface area (Å²) in [5.41, 5.74) is 0.736. The lowest BCUT2D eigenvalue weighted by Crippen LogP contribution is -2.30. The first-order valence-electron chi connectivity index (χ1n) is 8.95. The molecule has 1 aliphatic heterocycles. The van der Waals surface area contributed by atoms with Crippen LogP contribution in [-0.4, -0.2) is 34.1 Å². The lowest BCUT2D eigenvalue weighted by molar-refractivity contribution is -0.121. The quantitative estimate of drug-likeness (QED) is 0.687. The zero-order chi connectivity index (χ0) is 20.9. The third-order valence-corrected chi connectivity index (χ3v) is 5.88. The molecule has 0 aliphatic carbocycles. The highest BCUT2D eigenvalue weighted by Crippen LogP contribution is 2.37. The Morgan fingerprint density at radius 1 is 1.14 bits per heavy atom. The number of hydrogen-bond donors (Lipinski definition) is 2. The number of halogens is 2. The molecule has 7 nitrogen and oxygen atoms in total. The first-order chi connectivity index (χ1) is 13.8. The number of nitrogens with one attached hydrogen (secondary N) is 2. The number of ether oxygens (including phenoxy) is 2. The van der Waals surface area contributed by atoms with Crippen molar-refractivity contribution in [3.05, 3.63) is 52.8 Å². The number of amides is 1. The van der Waals surface area contributed by atoms with Crippen molar-refractivity contribution in [2.24, 2.45) is 0 Å². The summed E-state index contributed by atoms with van der Waals surface area (Å²) in [4.78, 5) is 12.0. The third-order valence-electron chi connectivity index (χ3n) is 4.12.